The third-order valence-corrected chi connectivity index (χ3v) is 1.62. The summed E-state index contributed by atoms with van der Waals surface area (Å²) in [5, 5.41) is 0. The van der Waals surface area contributed by atoms with Gasteiger partial charge in [0.25, 0.3) is 0 Å². The summed E-state index contributed by atoms with van der Waals surface area (Å²) in [7, 11) is 0. The van der Waals surface area contributed by atoms with Gasteiger partial charge in [0.1, 0.15) is 0 Å². The Morgan fingerprint density at radius 3 is 2.77 bits per heavy atom. The van der Waals surface area contributed by atoms with E-state index < -0.39 is 0 Å². The molecule has 0 saturated heterocycles. The summed E-state index contributed by atoms with van der Waals surface area (Å²) in [6, 6.07) is 3.91. The highest BCUT2D eigenvalue weighted by atomic mass is 14.6. The molecule has 0 aliphatic heterocycles. The van der Waals surface area contributed by atoms with E-state index in [1.165, 1.54) is 0 Å². The molecule has 0 aliphatic rings. The Bertz CT molecular complexity index is 333. The maximum atomic E-state index is 4.04. The first-order valence-corrected chi connectivity index (χ1v) is 4.14. The van der Waals surface area contributed by atoms with Crippen LogP contribution < -0.4 is 0 Å². The van der Waals surface area contributed by atoms with Gasteiger partial charge in [0.05, 0.1) is 0 Å². The summed E-state index contributed by atoms with van der Waals surface area (Å²) in [5.41, 5.74) is 3.14. The lowest BCUT2D eigenvalue weighted by Crippen LogP contribution is -1.82. The highest BCUT2D eigenvalue weighted by Gasteiger charge is 1.95. The van der Waals surface area contributed by atoms with Gasteiger partial charge in [0.2, 0.25) is 0 Å². The van der Waals surface area contributed by atoms with Gasteiger partial charge in [-0.15, -0.1) is 0 Å². The van der Waals surface area contributed by atoms with Gasteiger partial charge in [0, 0.05) is 12.4 Å². The van der Waals surface area contributed by atoms with E-state index >= 15 is 0 Å². The minimum Gasteiger partial charge on any atom is -0.264 e. The van der Waals surface area contributed by atoms with Crippen molar-refractivity contribution < 1.29 is 0 Å². The van der Waals surface area contributed by atoms with Crippen molar-refractivity contribution in [2.24, 2.45) is 0 Å². The van der Waals surface area contributed by atoms with Crippen molar-refractivity contribution in [2.45, 2.75) is 6.92 Å². The Kier molecular flexibility index (Phi) is 3.21. The minimum atomic E-state index is 1.01. The van der Waals surface area contributed by atoms with E-state index in [4.69, 9.17) is 0 Å². The van der Waals surface area contributed by atoms with E-state index in [1.807, 2.05) is 37.4 Å². The fourth-order valence-corrected chi connectivity index (χ4v) is 1.06. The molecule has 13 heavy (non-hydrogen) atoms. The molecule has 1 aromatic heterocycles. The average Bonchev–Trinajstić information content (AvgIpc) is 2.15. The number of hydrogen-bond donors (Lipinski definition) is 0. The first kappa shape index (κ1) is 9.46. The smallest absolute Gasteiger partial charge is 0.0346 e. The molecule has 0 amide bonds. The first-order chi connectivity index (χ1) is 6.24. The Labute approximate surface area is 79.1 Å². The number of allylic oxidation sites excluding steroid dienone is 4. The van der Waals surface area contributed by atoms with Crippen molar-refractivity contribution in [3.05, 3.63) is 61.0 Å². The summed E-state index contributed by atoms with van der Waals surface area (Å²) in [4.78, 5) is 4.04. The molecule has 0 fully saturated rings. The van der Waals surface area contributed by atoms with E-state index in [0.717, 1.165) is 16.7 Å². The number of hydrogen-bond acceptors (Lipinski definition) is 1. The van der Waals surface area contributed by atoms with Crippen LogP contribution in [0.2, 0.25) is 0 Å². The van der Waals surface area contributed by atoms with Gasteiger partial charge < -0.3 is 0 Å². The molecule has 0 atom stereocenters. The summed E-state index contributed by atoms with van der Waals surface area (Å²) in [5.74, 6) is 0. The summed E-state index contributed by atoms with van der Waals surface area (Å²) < 4.78 is 0. The van der Waals surface area contributed by atoms with Gasteiger partial charge >= 0.3 is 0 Å². The Balaban J connectivity index is 3.05. The minimum absolute atomic E-state index is 1.01. The lowest BCUT2D eigenvalue weighted by Gasteiger charge is -2.00. The molecular formula is C12H13N. The van der Waals surface area contributed by atoms with E-state index in [-0.39, 0.29) is 0 Å². The molecule has 1 aromatic rings. The van der Waals surface area contributed by atoms with Gasteiger partial charge in [-0.1, -0.05) is 36.9 Å². The SMILES string of the molecule is C=C/C(=C\C(=C)C)c1cccnc1. The third-order valence-electron chi connectivity index (χ3n) is 1.62. The Morgan fingerprint density at radius 2 is 2.31 bits per heavy atom. The third kappa shape index (κ3) is 2.71. The van der Waals surface area contributed by atoms with Crippen LogP contribution >= 0.6 is 0 Å². The number of aromatic nitrogens is 1. The van der Waals surface area contributed by atoms with Gasteiger partial charge in [-0.2, -0.15) is 0 Å². The fraction of sp³-hybridized carbons (Fsp3) is 0.0833. The van der Waals surface area contributed by atoms with Crippen molar-refractivity contribution in [1.82, 2.24) is 4.98 Å². The molecule has 66 valence electrons. The second-order valence-electron chi connectivity index (χ2n) is 2.89. The normalized spacial score (nSPS) is 11.0. The first-order valence-electron chi connectivity index (χ1n) is 4.14. The van der Waals surface area contributed by atoms with Crippen LogP contribution in [-0.2, 0) is 0 Å². The standard InChI is InChI=1S/C12H13N/c1-4-11(8-10(2)3)12-6-5-7-13-9-12/h4-9H,1-2H2,3H3/b11-8+. The second-order valence-corrected chi connectivity index (χ2v) is 2.89. The van der Waals surface area contributed by atoms with Crippen molar-refractivity contribution in [1.29, 1.82) is 0 Å². The quantitative estimate of drug-likeness (QED) is 0.636. The van der Waals surface area contributed by atoms with E-state index in [9.17, 15) is 0 Å². The van der Waals surface area contributed by atoms with E-state index in [2.05, 4.69) is 18.1 Å². The molecule has 1 nitrogen and oxygen atoms in total. The lowest BCUT2D eigenvalue weighted by molar-refractivity contribution is 1.31. The predicted octanol–water partition coefficient (Wildman–Crippen LogP) is 3.23. The monoisotopic (exact) mass is 171 g/mol. The number of nitrogens with zero attached hydrogens (tertiary/aromatic N) is 1. The molecule has 0 spiro atoms. The zero-order chi connectivity index (χ0) is 9.68. The summed E-state index contributed by atoms with van der Waals surface area (Å²) in [6.45, 7) is 9.54. The fourth-order valence-electron chi connectivity index (χ4n) is 1.06. The van der Waals surface area contributed by atoms with Crippen LogP contribution in [0.4, 0.5) is 0 Å². The van der Waals surface area contributed by atoms with Gasteiger partial charge in [0.15, 0.2) is 0 Å². The zero-order valence-corrected chi connectivity index (χ0v) is 7.83. The van der Waals surface area contributed by atoms with E-state index in [0.29, 0.717) is 0 Å². The van der Waals surface area contributed by atoms with Crippen LogP contribution in [0.15, 0.2) is 55.4 Å². The topological polar surface area (TPSA) is 12.9 Å². The van der Waals surface area contributed by atoms with Crippen molar-refractivity contribution in [3.8, 4) is 0 Å². The molecule has 1 rings (SSSR count). The molecule has 0 N–H and O–H groups in total. The predicted molar refractivity (Wildman–Crippen MR) is 57.2 cm³/mol. The Hall–Kier alpha value is -1.63. The van der Waals surface area contributed by atoms with Crippen LogP contribution in [0.25, 0.3) is 5.57 Å². The van der Waals surface area contributed by atoms with Crippen molar-refractivity contribution in [2.75, 3.05) is 0 Å². The van der Waals surface area contributed by atoms with Crippen molar-refractivity contribution in [3.63, 3.8) is 0 Å². The Morgan fingerprint density at radius 1 is 1.54 bits per heavy atom. The molecule has 1 heterocycles. The van der Waals surface area contributed by atoms with Gasteiger partial charge in [-0.25, -0.2) is 0 Å². The maximum absolute atomic E-state index is 4.04. The molecular weight excluding hydrogens is 158 g/mol. The lowest BCUT2D eigenvalue weighted by atomic mass is 10.1. The van der Waals surface area contributed by atoms with Crippen LogP contribution in [0.5, 0.6) is 0 Å². The van der Waals surface area contributed by atoms with Crippen LogP contribution in [-0.4, -0.2) is 4.98 Å². The summed E-state index contributed by atoms with van der Waals surface area (Å²) in [6.07, 6.45) is 7.37. The second kappa shape index (κ2) is 4.41. The average molecular weight is 171 g/mol. The molecule has 1 heteroatoms. The molecule has 0 radical (unpaired) electrons. The van der Waals surface area contributed by atoms with Crippen LogP contribution in [0.3, 0.4) is 0 Å². The largest absolute Gasteiger partial charge is 0.264 e. The highest BCUT2D eigenvalue weighted by Crippen LogP contribution is 2.15. The summed E-state index contributed by atoms with van der Waals surface area (Å²) >= 11 is 0. The van der Waals surface area contributed by atoms with Crippen LogP contribution in [0, 0.1) is 0 Å². The number of rotatable bonds is 3. The highest BCUT2D eigenvalue weighted by molar-refractivity contribution is 5.74. The molecule has 0 bridgehead atoms. The number of pyridine rings is 1. The molecule has 0 aromatic carbocycles. The zero-order valence-electron chi connectivity index (χ0n) is 7.83. The van der Waals surface area contributed by atoms with Gasteiger partial charge in [-0.3, -0.25) is 4.98 Å². The molecule has 0 aliphatic carbocycles. The van der Waals surface area contributed by atoms with E-state index in [1.54, 1.807) is 6.20 Å². The van der Waals surface area contributed by atoms with Crippen LogP contribution in [0.1, 0.15) is 12.5 Å². The van der Waals surface area contributed by atoms with Gasteiger partial charge in [-0.05, 0) is 24.1 Å². The molecule has 0 saturated carbocycles. The van der Waals surface area contributed by atoms with Crippen molar-refractivity contribution >= 4 is 5.57 Å². The molecule has 0 unspecified atom stereocenters. The maximum Gasteiger partial charge on any atom is 0.0346 e.